The van der Waals surface area contributed by atoms with Gasteiger partial charge in [0.2, 0.25) is 0 Å². The number of aliphatic hydroxyl groups is 1. The van der Waals surface area contributed by atoms with Gasteiger partial charge in [0, 0.05) is 6.42 Å². The summed E-state index contributed by atoms with van der Waals surface area (Å²) in [5.74, 6) is 2.86. The van der Waals surface area contributed by atoms with Crippen LogP contribution in [0.5, 0.6) is 0 Å². The number of hydrogen-bond acceptors (Lipinski definition) is 2. The Kier molecular flexibility index (Phi) is 6.13. The van der Waals surface area contributed by atoms with Gasteiger partial charge in [-0.1, -0.05) is 59.6 Å². The van der Waals surface area contributed by atoms with Crippen molar-refractivity contribution in [3.05, 3.63) is 11.1 Å². The van der Waals surface area contributed by atoms with Gasteiger partial charge < -0.3 is 5.11 Å². The molecule has 0 aromatic carbocycles. The summed E-state index contributed by atoms with van der Waals surface area (Å²) in [6.07, 6.45) is 12.1. The topological polar surface area (TPSA) is 37.3 Å². The molecule has 2 heteroatoms. The van der Waals surface area contributed by atoms with Crippen molar-refractivity contribution in [3.8, 4) is 0 Å². The monoisotopic (exact) mass is 456 g/mol. The van der Waals surface area contributed by atoms with Crippen molar-refractivity contribution in [2.75, 3.05) is 0 Å². The Morgan fingerprint density at radius 1 is 1.00 bits per heavy atom. The number of rotatable bonds is 5. The van der Waals surface area contributed by atoms with Crippen LogP contribution in [0.1, 0.15) is 127 Å². The molecule has 4 rings (SSSR count). The Bertz CT molecular complexity index is 828. The lowest BCUT2D eigenvalue weighted by molar-refractivity contribution is -0.134. The first-order valence-corrected chi connectivity index (χ1v) is 14.1. The van der Waals surface area contributed by atoms with Crippen molar-refractivity contribution >= 4 is 5.78 Å². The third-order valence-electron chi connectivity index (χ3n) is 12.6. The van der Waals surface area contributed by atoms with Crippen molar-refractivity contribution in [2.24, 2.45) is 45.3 Å². The van der Waals surface area contributed by atoms with Crippen LogP contribution in [-0.2, 0) is 4.79 Å². The number of allylic oxidation sites excluding steroid dienone is 2. The molecule has 0 spiro atoms. The van der Waals surface area contributed by atoms with E-state index < -0.39 is 5.60 Å². The number of hydrogen-bond donors (Lipinski definition) is 1. The Labute approximate surface area is 204 Å². The van der Waals surface area contributed by atoms with Crippen LogP contribution >= 0.6 is 0 Å². The molecule has 2 saturated carbocycles. The zero-order chi connectivity index (χ0) is 24.6. The van der Waals surface area contributed by atoms with E-state index >= 15 is 0 Å². The van der Waals surface area contributed by atoms with Gasteiger partial charge in [-0.2, -0.15) is 0 Å². The third-order valence-corrected chi connectivity index (χ3v) is 12.6. The number of ketones is 1. The molecule has 0 radical (unpaired) electrons. The standard InChI is InChI=1S/C31H52O2/c1-20(10-13-26(32)28(5,6)33)22-15-18-31(9)24-11-12-25-27(3,4)21(2)14-17-29(25,7)23(24)16-19-30(22,31)8/h20-22,25,33H,10-19H2,1-9H3/t20-,21+,22-,25?,29-,30-,31+/m1/s1. The highest BCUT2D eigenvalue weighted by molar-refractivity contribution is 5.86. The van der Waals surface area contributed by atoms with Crippen LogP contribution in [0, 0.1) is 45.3 Å². The summed E-state index contributed by atoms with van der Waals surface area (Å²) in [5, 5.41) is 10.1. The Balaban J connectivity index is 1.61. The van der Waals surface area contributed by atoms with Crippen LogP contribution in [0.2, 0.25) is 0 Å². The van der Waals surface area contributed by atoms with E-state index in [1.807, 2.05) is 11.1 Å². The van der Waals surface area contributed by atoms with Gasteiger partial charge in [0.1, 0.15) is 5.60 Å². The maximum atomic E-state index is 12.4. The first-order chi connectivity index (χ1) is 15.1. The molecule has 2 nitrogen and oxygen atoms in total. The second-order valence-corrected chi connectivity index (χ2v) is 14.6. The van der Waals surface area contributed by atoms with Crippen LogP contribution in [-0.4, -0.2) is 16.5 Å². The molecule has 0 aromatic rings. The second kappa shape index (κ2) is 7.94. The fourth-order valence-corrected chi connectivity index (χ4v) is 9.69. The Morgan fingerprint density at radius 2 is 1.67 bits per heavy atom. The summed E-state index contributed by atoms with van der Waals surface area (Å²) < 4.78 is 0. The van der Waals surface area contributed by atoms with Crippen LogP contribution in [0.3, 0.4) is 0 Å². The summed E-state index contributed by atoms with van der Waals surface area (Å²) in [5.41, 5.74) is 4.04. The molecule has 33 heavy (non-hydrogen) atoms. The Morgan fingerprint density at radius 3 is 2.30 bits per heavy atom. The van der Waals surface area contributed by atoms with Crippen molar-refractivity contribution in [1.29, 1.82) is 0 Å². The largest absolute Gasteiger partial charge is 0.383 e. The molecule has 0 saturated heterocycles. The number of Topliss-reactive ketones (excluding diaryl/α,β-unsaturated/α-hetero) is 1. The zero-order valence-corrected chi connectivity index (χ0v) is 23.2. The number of carbonyl (C=O) groups is 1. The highest BCUT2D eigenvalue weighted by Crippen LogP contribution is 2.72. The maximum Gasteiger partial charge on any atom is 0.163 e. The summed E-state index contributed by atoms with van der Waals surface area (Å²) in [7, 11) is 0. The summed E-state index contributed by atoms with van der Waals surface area (Å²) in [6.45, 7) is 21.1. The average Bonchev–Trinajstić information content (AvgIpc) is 3.00. The summed E-state index contributed by atoms with van der Waals surface area (Å²) in [6, 6.07) is 0. The molecule has 0 heterocycles. The van der Waals surface area contributed by atoms with Crippen LogP contribution in [0.15, 0.2) is 11.1 Å². The summed E-state index contributed by atoms with van der Waals surface area (Å²) in [4.78, 5) is 12.4. The first-order valence-electron chi connectivity index (χ1n) is 14.1. The highest BCUT2D eigenvalue weighted by Gasteiger charge is 2.63. The highest BCUT2D eigenvalue weighted by atomic mass is 16.3. The first kappa shape index (κ1) is 25.5. The van der Waals surface area contributed by atoms with E-state index in [2.05, 4.69) is 48.5 Å². The maximum absolute atomic E-state index is 12.4. The lowest BCUT2D eigenvalue weighted by Crippen LogP contribution is -2.53. The van der Waals surface area contributed by atoms with Crippen molar-refractivity contribution in [3.63, 3.8) is 0 Å². The third kappa shape index (κ3) is 3.63. The predicted octanol–water partition coefficient (Wildman–Crippen LogP) is 8.13. The van der Waals surface area contributed by atoms with Crippen molar-refractivity contribution in [2.45, 2.75) is 132 Å². The van der Waals surface area contributed by atoms with Gasteiger partial charge >= 0.3 is 0 Å². The van der Waals surface area contributed by atoms with E-state index in [4.69, 9.17) is 0 Å². The minimum absolute atomic E-state index is 0.00529. The molecule has 0 bridgehead atoms. The minimum Gasteiger partial charge on any atom is -0.383 e. The van der Waals surface area contributed by atoms with Crippen molar-refractivity contribution < 1.29 is 9.90 Å². The molecule has 1 N–H and O–H groups in total. The van der Waals surface area contributed by atoms with Gasteiger partial charge in [-0.05, 0) is 117 Å². The van der Waals surface area contributed by atoms with E-state index in [0.29, 0.717) is 39.9 Å². The molecule has 1 unspecified atom stereocenters. The molecule has 7 atom stereocenters. The SMILES string of the molecule is C[C@H](CCC(=O)C(C)(C)O)[C@H]1CC[C@@]2(C)C3=C(CC[C@]12C)[C@@]1(C)CC[C@H](C)C(C)(C)C1CC3. The van der Waals surface area contributed by atoms with E-state index in [0.717, 1.165) is 18.3 Å². The predicted molar refractivity (Wildman–Crippen MR) is 138 cm³/mol. The minimum atomic E-state index is -1.20. The normalized spacial score (nSPS) is 43.5. The van der Waals surface area contributed by atoms with Crippen LogP contribution < -0.4 is 0 Å². The van der Waals surface area contributed by atoms with Crippen LogP contribution in [0.4, 0.5) is 0 Å². The zero-order valence-electron chi connectivity index (χ0n) is 23.2. The van der Waals surface area contributed by atoms with Gasteiger partial charge in [0.15, 0.2) is 5.78 Å². The lowest BCUT2D eigenvalue weighted by Gasteiger charge is -2.62. The average molecular weight is 457 g/mol. The van der Waals surface area contributed by atoms with Gasteiger partial charge in [0.05, 0.1) is 0 Å². The molecular weight excluding hydrogens is 404 g/mol. The Hall–Kier alpha value is -0.630. The molecule has 2 fully saturated rings. The molecule has 188 valence electrons. The molecular formula is C31H52O2. The van der Waals surface area contributed by atoms with E-state index in [9.17, 15) is 9.90 Å². The fourth-order valence-electron chi connectivity index (χ4n) is 9.69. The van der Waals surface area contributed by atoms with Gasteiger partial charge in [-0.3, -0.25) is 4.79 Å². The second-order valence-electron chi connectivity index (χ2n) is 14.6. The molecule has 0 amide bonds. The van der Waals surface area contributed by atoms with E-state index in [1.54, 1.807) is 13.8 Å². The fraction of sp³-hybridized carbons (Fsp3) is 0.903. The van der Waals surface area contributed by atoms with Gasteiger partial charge in [0.25, 0.3) is 0 Å². The van der Waals surface area contributed by atoms with E-state index in [1.165, 1.54) is 51.4 Å². The lowest BCUT2D eigenvalue weighted by atomic mass is 9.42. The molecule has 4 aliphatic rings. The number of carbonyl (C=O) groups excluding carboxylic acids is 1. The molecule has 0 aliphatic heterocycles. The summed E-state index contributed by atoms with van der Waals surface area (Å²) >= 11 is 0. The van der Waals surface area contributed by atoms with E-state index in [-0.39, 0.29) is 5.78 Å². The number of fused-ring (bicyclic) bond motifs is 4. The smallest absolute Gasteiger partial charge is 0.163 e. The molecule has 4 aliphatic carbocycles. The quantitative estimate of drug-likeness (QED) is 0.424. The van der Waals surface area contributed by atoms with Crippen molar-refractivity contribution in [1.82, 2.24) is 0 Å². The van der Waals surface area contributed by atoms with Gasteiger partial charge in [-0.15, -0.1) is 0 Å². The van der Waals surface area contributed by atoms with Crippen LogP contribution in [0.25, 0.3) is 0 Å². The van der Waals surface area contributed by atoms with Gasteiger partial charge in [-0.25, -0.2) is 0 Å². The molecule has 0 aromatic heterocycles.